The minimum absolute atomic E-state index is 0.335. The molecule has 0 atom stereocenters. The molecule has 0 spiro atoms. The van der Waals surface area contributed by atoms with Crippen molar-refractivity contribution in [2.75, 3.05) is 45.5 Å². The monoisotopic (exact) mass is 331 g/mol. The number of rotatable bonds is 6. The van der Waals surface area contributed by atoms with Crippen molar-refractivity contribution in [2.24, 2.45) is 0 Å². The van der Waals surface area contributed by atoms with Gasteiger partial charge in [0.2, 0.25) is 15.9 Å². The lowest BCUT2D eigenvalue weighted by Crippen LogP contribution is -2.50. The summed E-state index contributed by atoms with van der Waals surface area (Å²) >= 11 is 0. The largest absolute Gasteiger partial charge is 0.389 e. The van der Waals surface area contributed by atoms with E-state index in [0.29, 0.717) is 26.2 Å². The quantitative estimate of drug-likeness (QED) is 0.745. The van der Waals surface area contributed by atoms with Gasteiger partial charge in [0.15, 0.2) is 0 Å². The van der Waals surface area contributed by atoms with Gasteiger partial charge in [-0.1, -0.05) is 0 Å². The van der Waals surface area contributed by atoms with Crippen LogP contribution in [0.3, 0.4) is 0 Å². The van der Waals surface area contributed by atoms with Crippen LogP contribution in [0.5, 0.6) is 0 Å². The van der Waals surface area contributed by atoms with Crippen LogP contribution in [0.15, 0.2) is 0 Å². The molecule has 0 radical (unpaired) electrons. The minimum atomic E-state index is -4.37. The molecule has 124 valence electrons. The van der Waals surface area contributed by atoms with Crippen molar-refractivity contribution >= 4 is 15.9 Å². The molecule has 6 nitrogen and oxygen atoms in total. The van der Waals surface area contributed by atoms with E-state index in [1.807, 2.05) is 0 Å². The Morgan fingerprint density at radius 3 is 2.38 bits per heavy atom. The maximum absolute atomic E-state index is 12.0. The van der Waals surface area contributed by atoms with Crippen LogP contribution in [-0.4, -0.2) is 75.2 Å². The highest BCUT2D eigenvalue weighted by atomic mass is 32.2. The third-order valence-electron chi connectivity index (χ3n) is 3.17. The van der Waals surface area contributed by atoms with E-state index in [9.17, 15) is 26.4 Å². The molecule has 0 bridgehead atoms. The molecule has 0 aromatic carbocycles. The Morgan fingerprint density at radius 2 is 1.86 bits per heavy atom. The number of likely N-dealkylation sites (N-methyl/N-ethyl adjacent to an activating group) is 1. The van der Waals surface area contributed by atoms with Crippen LogP contribution in [0.4, 0.5) is 13.2 Å². The summed E-state index contributed by atoms with van der Waals surface area (Å²) in [6.45, 7) is 1.96. The Labute approximate surface area is 122 Å². The fourth-order valence-corrected chi connectivity index (χ4v) is 3.04. The van der Waals surface area contributed by atoms with E-state index < -0.39 is 34.8 Å². The Kier molecular flexibility index (Phi) is 6.41. The van der Waals surface area contributed by atoms with E-state index in [1.165, 1.54) is 11.9 Å². The normalized spacial score (nSPS) is 17.3. The molecule has 1 aliphatic heterocycles. The number of piperazine rings is 1. The van der Waals surface area contributed by atoms with Crippen molar-refractivity contribution in [2.45, 2.75) is 19.0 Å². The number of amides is 1. The summed E-state index contributed by atoms with van der Waals surface area (Å²) in [7, 11) is -2.63. The molecule has 21 heavy (non-hydrogen) atoms. The third-order valence-corrected chi connectivity index (χ3v) is 5.05. The van der Waals surface area contributed by atoms with Crippen LogP contribution in [0, 0.1) is 0 Å². The zero-order valence-corrected chi connectivity index (χ0v) is 12.6. The molecule has 1 fully saturated rings. The number of hydrogen-bond donors (Lipinski definition) is 1. The fraction of sp³-hybridized carbons (Fsp3) is 0.909. The van der Waals surface area contributed by atoms with Crippen LogP contribution in [-0.2, 0) is 14.8 Å². The van der Waals surface area contributed by atoms with E-state index in [1.54, 1.807) is 0 Å². The second-order valence-electron chi connectivity index (χ2n) is 4.92. The van der Waals surface area contributed by atoms with E-state index in [4.69, 9.17) is 0 Å². The lowest BCUT2D eigenvalue weighted by Gasteiger charge is -2.29. The SMILES string of the molecule is CN(CC(=O)N1CCNCC1)S(=O)(=O)CCCC(F)(F)F. The van der Waals surface area contributed by atoms with Crippen molar-refractivity contribution in [3.63, 3.8) is 0 Å². The summed E-state index contributed by atoms with van der Waals surface area (Å²) in [6, 6.07) is 0. The molecule has 0 aromatic rings. The van der Waals surface area contributed by atoms with Crippen LogP contribution in [0.2, 0.25) is 0 Å². The molecule has 10 heteroatoms. The lowest BCUT2D eigenvalue weighted by molar-refractivity contribution is -0.134. The van der Waals surface area contributed by atoms with Gasteiger partial charge in [0, 0.05) is 39.6 Å². The molecule has 0 unspecified atom stereocenters. The number of carbonyl (C=O) groups excluding carboxylic acids is 1. The van der Waals surface area contributed by atoms with Gasteiger partial charge in [0.05, 0.1) is 12.3 Å². The number of nitrogens with one attached hydrogen (secondary N) is 1. The number of halogens is 3. The predicted molar refractivity (Wildman–Crippen MR) is 71.2 cm³/mol. The van der Waals surface area contributed by atoms with Gasteiger partial charge in [0.1, 0.15) is 0 Å². The zero-order chi connectivity index (χ0) is 16.1. The summed E-state index contributed by atoms with van der Waals surface area (Å²) in [6.07, 6.45) is -6.02. The topological polar surface area (TPSA) is 69.7 Å². The average molecular weight is 331 g/mol. The van der Waals surface area contributed by atoms with Crippen molar-refractivity contribution in [3.05, 3.63) is 0 Å². The third kappa shape index (κ3) is 6.62. The van der Waals surface area contributed by atoms with E-state index in [0.717, 1.165) is 4.31 Å². The van der Waals surface area contributed by atoms with Crippen molar-refractivity contribution < 1.29 is 26.4 Å². The Balaban J connectivity index is 2.44. The summed E-state index contributed by atoms with van der Waals surface area (Å²) in [5.41, 5.74) is 0. The van der Waals surface area contributed by atoms with Crippen LogP contribution in [0.1, 0.15) is 12.8 Å². The smallest absolute Gasteiger partial charge is 0.339 e. The molecule has 1 heterocycles. The fourth-order valence-electron chi connectivity index (χ4n) is 1.91. The number of carbonyl (C=O) groups is 1. The van der Waals surface area contributed by atoms with E-state index >= 15 is 0 Å². The van der Waals surface area contributed by atoms with Gasteiger partial charge in [-0.25, -0.2) is 8.42 Å². The summed E-state index contributed by atoms with van der Waals surface area (Å²) in [5, 5.41) is 3.06. The van der Waals surface area contributed by atoms with Gasteiger partial charge < -0.3 is 10.2 Å². The Bertz CT molecular complexity index is 447. The first kappa shape index (κ1) is 18.2. The van der Waals surface area contributed by atoms with E-state index in [-0.39, 0.29) is 12.5 Å². The highest BCUT2D eigenvalue weighted by Crippen LogP contribution is 2.21. The molecular weight excluding hydrogens is 311 g/mol. The van der Waals surface area contributed by atoms with Gasteiger partial charge in [0.25, 0.3) is 0 Å². The molecule has 1 aliphatic rings. The van der Waals surface area contributed by atoms with Gasteiger partial charge in [-0.15, -0.1) is 0 Å². The predicted octanol–water partition coefficient (Wildman–Crippen LogP) is 0.0223. The summed E-state index contributed by atoms with van der Waals surface area (Å²) in [4.78, 5) is 13.4. The van der Waals surface area contributed by atoms with E-state index in [2.05, 4.69) is 5.32 Å². The maximum atomic E-state index is 12.0. The second kappa shape index (κ2) is 7.41. The second-order valence-corrected chi connectivity index (χ2v) is 7.12. The van der Waals surface area contributed by atoms with Gasteiger partial charge in [-0.05, 0) is 6.42 Å². The molecule has 1 N–H and O–H groups in total. The first-order valence-electron chi connectivity index (χ1n) is 6.61. The highest BCUT2D eigenvalue weighted by molar-refractivity contribution is 7.89. The van der Waals surface area contributed by atoms with Gasteiger partial charge >= 0.3 is 6.18 Å². The lowest BCUT2D eigenvalue weighted by atomic mass is 10.3. The Hall–Kier alpha value is -0.870. The van der Waals surface area contributed by atoms with Crippen molar-refractivity contribution in [3.8, 4) is 0 Å². The molecule has 1 saturated heterocycles. The van der Waals surface area contributed by atoms with Crippen LogP contribution in [0.25, 0.3) is 0 Å². The Morgan fingerprint density at radius 1 is 1.29 bits per heavy atom. The number of nitrogens with zero attached hydrogens (tertiary/aromatic N) is 2. The number of hydrogen-bond acceptors (Lipinski definition) is 4. The zero-order valence-electron chi connectivity index (χ0n) is 11.8. The number of sulfonamides is 1. The standard InChI is InChI=1S/C11H20F3N3O3S/c1-16(9-10(18)17-6-4-15-5-7-17)21(19,20)8-2-3-11(12,13)14/h15H,2-9H2,1H3. The number of alkyl halides is 3. The van der Waals surface area contributed by atoms with Crippen LogP contribution < -0.4 is 5.32 Å². The minimum Gasteiger partial charge on any atom is -0.339 e. The molecule has 0 aromatic heterocycles. The highest BCUT2D eigenvalue weighted by Gasteiger charge is 2.29. The van der Waals surface area contributed by atoms with Crippen molar-refractivity contribution in [1.29, 1.82) is 0 Å². The molecule has 1 amide bonds. The summed E-state index contributed by atoms with van der Waals surface area (Å²) < 4.78 is 60.5. The molecule has 0 saturated carbocycles. The van der Waals surface area contributed by atoms with Crippen molar-refractivity contribution in [1.82, 2.24) is 14.5 Å². The maximum Gasteiger partial charge on any atom is 0.389 e. The first-order valence-corrected chi connectivity index (χ1v) is 8.22. The average Bonchev–Trinajstić information content (AvgIpc) is 2.37. The van der Waals surface area contributed by atoms with Gasteiger partial charge in [-0.2, -0.15) is 17.5 Å². The van der Waals surface area contributed by atoms with Crippen LogP contribution >= 0.6 is 0 Å². The first-order chi connectivity index (χ1) is 9.62. The summed E-state index contributed by atoms with van der Waals surface area (Å²) in [5.74, 6) is -0.948. The van der Waals surface area contributed by atoms with Gasteiger partial charge in [-0.3, -0.25) is 4.79 Å². The molecule has 0 aliphatic carbocycles. The molecule has 1 rings (SSSR count). The molecular formula is C11H20F3N3O3S.